The van der Waals surface area contributed by atoms with Gasteiger partial charge in [0.15, 0.2) is 5.65 Å². The maximum atomic E-state index is 13.2. The van der Waals surface area contributed by atoms with Crippen LogP contribution in [0.15, 0.2) is 59.8 Å². The van der Waals surface area contributed by atoms with Crippen LogP contribution in [0.2, 0.25) is 0 Å². The Morgan fingerprint density at radius 2 is 1.76 bits per heavy atom. The third-order valence-electron chi connectivity index (χ3n) is 4.21. The van der Waals surface area contributed by atoms with Gasteiger partial charge in [-0.05, 0) is 73.5 Å². The molecule has 0 aliphatic rings. The van der Waals surface area contributed by atoms with E-state index in [1.54, 1.807) is 28.8 Å². The standard InChI is InChI=1S/C21H18FN5OS/c1-13-9-14(2)11-17(10-13)23-20(28)12-29-21-25-24-19-8-7-18(26-27(19)21)15-3-5-16(22)6-4-15/h3-11H,12H2,1-2H3,(H,23,28). The first-order valence-corrected chi connectivity index (χ1v) is 9.96. The number of halogens is 1. The zero-order valence-corrected chi connectivity index (χ0v) is 16.7. The molecule has 0 radical (unpaired) electrons. The Hall–Kier alpha value is -3.26. The Labute approximate surface area is 171 Å². The van der Waals surface area contributed by atoms with E-state index in [0.717, 1.165) is 22.4 Å². The van der Waals surface area contributed by atoms with Crippen molar-refractivity contribution in [3.05, 3.63) is 71.5 Å². The van der Waals surface area contributed by atoms with Crippen molar-refractivity contribution in [1.82, 2.24) is 19.8 Å². The lowest BCUT2D eigenvalue weighted by molar-refractivity contribution is -0.113. The van der Waals surface area contributed by atoms with Crippen LogP contribution in [-0.4, -0.2) is 31.5 Å². The zero-order valence-electron chi connectivity index (χ0n) is 15.9. The van der Waals surface area contributed by atoms with Gasteiger partial charge < -0.3 is 5.32 Å². The molecule has 4 aromatic rings. The number of aryl methyl sites for hydroxylation is 2. The lowest BCUT2D eigenvalue weighted by Crippen LogP contribution is -2.14. The van der Waals surface area contributed by atoms with Crippen molar-refractivity contribution in [3.63, 3.8) is 0 Å². The molecular weight excluding hydrogens is 389 g/mol. The van der Waals surface area contributed by atoms with Crippen LogP contribution in [0.25, 0.3) is 16.9 Å². The summed E-state index contributed by atoms with van der Waals surface area (Å²) in [6.45, 7) is 3.98. The Kier molecular flexibility index (Phi) is 5.26. The summed E-state index contributed by atoms with van der Waals surface area (Å²) in [5.74, 6) is -0.257. The Morgan fingerprint density at radius 3 is 2.48 bits per heavy atom. The second kappa shape index (κ2) is 8.00. The lowest BCUT2D eigenvalue weighted by Gasteiger charge is -2.07. The van der Waals surface area contributed by atoms with Crippen molar-refractivity contribution in [3.8, 4) is 11.3 Å². The van der Waals surface area contributed by atoms with E-state index in [0.29, 0.717) is 16.5 Å². The van der Waals surface area contributed by atoms with Gasteiger partial charge in [-0.2, -0.15) is 9.61 Å². The van der Waals surface area contributed by atoms with Gasteiger partial charge in [-0.3, -0.25) is 4.79 Å². The molecule has 0 bridgehead atoms. The van der Waals surface area contributed by atoms with Gasteiger partial charge in [0.25, 0.3) is 0 Å². The van der Waals surface area contributed by atoms with Gasteiger partial charge >= 0.3 is 0 Å². The molecule has 0 atom stereocenters. The van der Waals surface area contributed by atoms with E-state index in [-0.39, 0.29) is 17.5 Å². The van der Waals surface area contributed by atoms with E-state index >= 15 is 0 Å². The van der Waals surface area contributed by atoms with Gasteiger partial charge in [0.2, 0.25) is 11.1 Å². The number of nitrogens with one attached hydrogen (secondary N) is 1. The van der Waals surface area contributed by atoms with Gasteiger partial charge in [-0.25, -0.2) is 4.39 Å². The second-order valence-electron chi connectivity index (χ2n) is 6.69. The number of fused-ring (bicyclic) bond motifs is 1. The molecule has 2 aromatic carbocycles. The van der Waals surface area contributed by atoms with E-state index in [1.807, 2.05) is 26.0 Å². The minimum Gasteiger partial charge on any atom is -0.325 e. The average Bonchev–Trinajstić information content (AvgIpc) is 3.08. The predicted molar refractivity (Wildman–Crippen MR) is 111 cm³/mol. The first kappa shape index (κ1) is 19.1. The Bertz CT molecular complexity index is 1170. The largest absolute Gasteiger partial charge is 0.325 e. The summed E-state index contributed by atoms with van der Waals surface area (Å²) in [5, 5.41) is 16.2. The zero-order chi connectivity index (χ0) is 20.4. The molecule has 8 heteroatoms. The number of rotatable bonds is 5. The molecule has 0 saturated heterocycles. The van der Waals surface area contributed by atoms with Gasteiger partial charge in [0.1, 0.15) is 5.82 Å². The lowest BCUT2D eigenvalue weighted by atomic mass is 10.1. The fourth-order valence-electron chi connectivity index (χ4n) is 3.01. The number of hydrogen-bond acceptors (Lipinski definition) is 5. The molecule has 0 unspecified atom stereocenters. The van der Waals surface area contributed by atoms with Crippen LogP contribution in [0.1, 0.15) is 11.1 Å². The molecule has 6 nitrogen and oxygen atoms in total. The van der Waals surface area contributed by atoms with E-state index in [2.05, 4.69) is 26.7 Å². The molecule has 2 heterocycles. The molecule has 0 spiro atoms. The summed E-state index contributed by atoms with van der Waals surface area (Å²) in [5.41, 5.74) is 4.98. The molecule has 0 aliphatic carbocycles. The smallest absolute Gasteiger partial charge is 0.234 e. The fraction of sp³-hybridized carbons (Fsp3) is 0.143. The first-order valence-electron chi connectivity index (χ1n) is 8.97. The minimum atomic E-state index is -0.301. The molecule has 4 rings (SSSR count). The highest BCUT2D eigenvalue weighted by Gasteiger charge is 2.12. The Balaban J connectivity index is 1.49. The number of benzene rings is 2. The number of hydrogen-bond donors (Lipinski definition) is 1. The van der Waals surface area contributed by atoms with Crippen LogP contribution < -0.4 is 5.32 Å². The van der Waals surface area contributed by atoms with Gasteiger partial charge in [-0.15, -0.1) is 10.2 Å². The predicted octanol–water partition coefficient (Wildman–Crippen LogP) is 4.28. The average molecular weight is 407 g/mol. The molecule has 29 heavy (non-hydrogen) atoms. The fourth-order valence-corrected chi connectivity index (χ4v) is 3.70. The highest BCUT2D eigenvalue weighted by atomic mass is 32.2. The number of amides is 1. The van der Waals surface area contributed by atoms with Crippen LogP contribution >= 0.6 is 11.8 Å². The van der Waals surface area contributed by atoms with Crippen molar-refractivity contribution >= 4 is 29.0 Å². The summed E-state index contributed by atoms with van der Waals surface area (Å²) in [6, 6.07) is 15.6. The summed E-state index contributed by atoms with van der Waals surface area (Å²) in [7, 11) is 0. The normalized spacial score (nSPS) is 11.0. The number of aromatic nitrogens is 4. The van der Waals surface area contributed by atoms with Crippen LogP contribution in [0.4, 0.5) is 10.1 Å². The van der Waals surface area contributed by atoms with Crippen molar-refractivity contribution < 1.29 is 9.18 Å². The van der Waals surface area contributed by atoms with Gasteiger partial charge in [0, 0.05) is 11.3 Å². The number of anilines is 1. The second-order valence-corrected chi connectivity index (χ2v) is 7.63. The van der Waals surface area contributed by atoms with Crippen LogP contribution in [-0.2, 0) is 4.79 Å². The van der Waals surface area contributed by atoms with E-state index in [1.165, 1.54) is 23.9 Å². The quantitative estimate of drug-likeness (QED) is 0.500. The SMILES string of the molecule is Cc1cc(C)cc(NC(=O)CSc2nnc3ccc(-c4ccc(F)cc4)nn23)c1. The molecule has 0 fully saturated rings. The molecule has 146 valence electrons. The highest BCUT2D eigenvalue weighted by molar-refractivity contribution is 7.99. The maximum absolute atomic E-state index is 13.2. The molecule has 2 aromatic heterocycles. The number of carbonyl (C=O) groups is 1. The van der Waals surface area contributed by atoms with Crippen LogP contribution in [0.3, 0.4) is 0 Å². The molecule has 1 amide bonds. The third-order valence-corrected chi connectivity index (χ3v) is 5.13. The molecule has 0 saturated carbocycles. The van der Waals surface area contributed by atoms with E-state index in [4.69, 9.17) is 0 Å². The van der Waals surface area contributed by atoms with Gasteiger partial charge in [0.05, 0.1) is 11.4 Å². The third kappa shape index (κ3) is 4.43. The number of thioether (sulfide) groups is 1. The monoisotopic (exact) mass is 407 g/mol. The van der Waals surface area contributed by atoms with Crippen molar-refractivity contribution in [1.29, 1.82) is 0 Å². The minimum absolute atomic E-state index is 0.133. The topological polar surface area (TPSA) is 72.2 Å². The Morgan fingerprint density at radius 1 is 1.03 bits per heavy atom. The van der Waals surface area contributed by atoms with Crippen LogP contribution in [0.5, 0.6) is 0 Å². The van der Waals surface area contributed by atoms with Crippen molar-refractivity contribution in [2.75, 3.05) is 11.1 Å². The van der Waals surface area contributed by atoms with E-state index in [9.17, 15) is 9.18 Å². The highest BCUT2D eigenvalue weighted by Crippen LogP contribution is 2.21. The number of nitrogens with zero attached hydrogens (tertiary/aromatic N) is 4. The summed E-state index contributed by atoms with van der Waals surface area (Å²) in [4.78, 5) is 12.3. The van der Waals surface area contributed by atoms with E-state index < -0.39 is 0 Å². The van der Waals surface area contributed by atoms with Crippen molar-refractivity contribution in [2.24, 2.45) is 0 Å². The summed E-state index contributed by atoms with van der Waals surface area (Å²) in [6.07, 6.45) is 0. The van der Waals surface area contributed by atoms with Gasteiger partial charge in [-0.1, -0.05) is 17.8 Å². The molecule has 0 aliphatic heterocycles. The summed E-state index contributed by atoms with van der Waals surface area (Å²) >= 11 is 1.25. The van der Waals surface area contributed by atoms with Crippen molar-refractivity contribution in [2.45, 2.75) is 19.0 Å². The summed E-state index contributed by atoms with van der Waals surface area (Å²) < 4.78 is 14.8. The molecular formula is C21H18FN5OS. The maximum Gasteiger partial charge on any atom is 0.234 e. The molecule has 1 N–H and O–H groups in total. The number of carbonyl (C=O) groups excluding carboxylic acids is 1. The van der Waals surface area contributed by atoms with Crippen LogP contribution in [0, 0.1) is 19.7 Å². The first-order chi connectivity index (χ1) is 14.0.